The van der Waals surface area contributed by atoms with Crippen molar-refractivity contribution in [1.82, 2.24) is 25.3 Å². The van der Waals surface area contributed by atoms with Crippen molar-refractivity contribution in [2.24, 2.45) is 0 Å². The van der Waals surface area contributed by atoms with Crippen LogP contribution in [0.15, 0.2) is 16.8 Å². The van der Waals surface area contributed by atoms with Crippen LogP contribution in [0.1, 0.15) is 29.1 Å². The second-order valence-corrected chi connectivity index (χ2v) is 3.80. The lowest BCUT2D eigenvalue weighted by Crippen LogP contribution is -2.27. The predicted molar refractivity (Wildman–Crippen MR) is 63.0 cm³/mol. The third-order valence-corrected chi connectivity index (χ3v) is 2.45. The zero-order valence-electron chi connectivity index (χ0n) is 10.4. The maximum absolute atomic E-state index is 11.8. The number of amides is 1. The first kappa shape index (κ1) is 12.3. The van der Waals surface area contributed by atoms with Crippen molar-refractivity contribution in [2.75, 3.05) is 6.54 Å². The highest BCUT2D eigenvalue weighted by molar-refractivity contribution is 5.92. The van der Waals surface area contributed by atoms with Crippen LogP contribution in [0.3, 0.4) is 0 Å². The van der Waals surface area contributed by atoms with Crippen LogP contribution in [0.2, 0.25) is 0 Å². The molecule has 0 fully saturated rings. The molecule has 7 nitrogen and oxygen atoms in total. The molecule has 7 heteroatoms. The fraction of sp³-hybridized carbons (Fsp3) is 0.455. The second-order valence-electron chi connectivity index (χ2n) is 3.80. The summed E-state index contributed by atoms with van der Waals surface area (Å²) in [5.74, 6) is 0.610. The van der Waals surface area contributed by atoms with Crippen LogP contribution in [0, 0.1) is 6.92 Å². The first-order valence-electron chi connectivity index (χ1n) is 5.79. The first-order chi connectivity index (χ1) is 8.70. The van der Waals surface area contributed by atoms with Crippen LogP contribution < -0.4 is 5.32 Å². The smallest absolute Gasteiger partial charge is 0.289 e. The van der Waals surface area contributed by atoms with Gasteiger partial charge in [0, 0.05) is 19.2 Å². The molecule has 18 heavy (non-hydrogen) atoms. The third kappa shape index (κ3) is 2.73. The number of nitrogens with zero attached hydrogens (tertiary/aromatic N) is 4. The lowest BCUT2D eigenvalue weighted by atomic mass is 10.3. The van der Waals surface area contributed by atoms with E-state index in [1.54, 1.807) is 24.0 Å². The minimum absolute atomic E-state index is 0.250. The van der Waals surface area contributed by atoms with Crippen LogP contribution in [0.4, 0.5) is 0 Å². The Morgan fingerprint density at radius 1 is 1.56 bits per heavy atom. The van der Waals surface area contributed by atoms with Crippen LogP contribution >= 0.6 is 0 Å². The lowest BCUT2D eigenvalue weighted by Gasteiger charge is -2.02. The highest BCUT2D eigenvalue weighted by Gasteiger charge is 2.15. The summed E-state index contributed by atoms with van der Waals surface area (Å²) in [5, 5.41) is 10.2. The summed E-state index contributed by atoms with van der Waals surface area (Å²) in [6.07, 6.45) is 4.00. The fourth-order valence-electron chi connectivity index (χ4n) is 1.53. The van der Waals surface area contributed by atoms with Crippen molar-refractivity contribution in [3.8, 4) is 0 Å². The van der Waals surface area contributed by atoms with E-state index in [1.165, 1.54) is 0 Å². The summed E-state index contributed by atoms with van der Waals surface area (Å²) >= 11 is 0. The van der Waals surface area contributed by atoms with Gasteiger partial charge in [-0.25, -0.2) is 4.98 Å². The standard InChI is InChI=1S/C11H15N5O2/c1-3-9-14-8(2)10(18-9)11(17)12-4-6-16-7-5-13-15-16/h5,7H,3-4,6H2,1-2H3,(H,12,17). The molecule has 0 spiro atoms. The van der Waals surface area contributed by atoms with Crippen molar-refractivity contribution in [3.63, 3.8) is 0 Å². The molecular weight excluding hydrogens is 234 g/mol. The van der Waals surface area contributed by atoms with Gasteiger partial charge in [0.25, 0.3) is 5.91 Å². The first-order valence-corrected chi connectivity index (χ1v) is 5.79. The summed E-state index contributed by atoms with van der Waals surface area (Å²) < 4.78 is 7.00. The van der Waals surface area contributed by atoms with Gasteiger partial charge in [-0.1, -0.05) is 12.1 Å². The minimum atomic E-state index is -0.250. The molecule has 2 aromatic rings. The maximum Gasteiger partial charge on any atom is 0.289 e. The van der Waals surface area contributed by atoms with E-state index in [-0.39, 0.29) is 11.7 Å². The molecule has 96 valence electrons. The Labute approximate surface area is 104 Å². The predicted octanol–water partition coefficient (Wildman–Crippen LogP) is 0.567. The normalized spacial score (nSPS) is 10.6. The van der Waals surface area contributed by atoms with Crippen molar-refractivity contribution in [3.05, 3.63) is 29.7 Å². The molecule has 0 aliphatic rings. The number of carbonyl (C=O) groups is 1. The van der Waals surface area contributed by atoms with E-state index in [9.17, 15) is 4.79 Å². The number of hydrogen-bond acceptors (Lipinski definition) is 5. The monoisotopic (exact) mass is 249 g/mol. The van der Waals surface area contributed by atoms with Crippen molar-refractivity contribution in [2.45, 2.75) is 26.8 Å². The molecule has 0 saturated heterocycles. The number of oxazole rings is 1. The number of aryl methyl sites for hydroxylation is 2. The van der Waals surface area contributed by atoms with Gasteiger partial charge in [-0.3, -0.25) is 9.48 Å². The van der Waals surface area contributed by atoms with Crippen molar-refractivity contribution in [1.29, 1.82) is 0 Å². The number of rotatable bonds is 5. The second kappa shape index (κ2) is 5.44. The summed E-state index contributed by atoms with van der Waals surface area (Å²) in [7, 11) is 0. The molecule has 2 heterocycles. The summed E-state index contributed by atoms with van der Waals surface area (Å²) in [6, 6.07) is 0. The number of carbonyl (C=O) groups excluding carboxylic acids is 1. The van der Waals surface area contributed by atoms with Crippen molar-refractivity contribution >= 4 is 5.91 Å². The number of hydrogen-bond donors (Lipinski definition) is 1. The highest BCUT2D eigenvalue weighted by Crippen LogP contribution is 2.10. The Balaban J connectivity index is 1.89. The van der Waals surface area contributed by atoms with E-state index in [0.717, 1.165) is 0 Å². The molecule has 0 atom stereocenters. The van der Waals surface area contributed by atoms with Crippen LogP contribution in [0.25, 0.3) is 0 Å². The quantitative estimate of drug-likeness (QED) is 0.837. The molecule has 0 aromatic carbocycles. The van der Waals surface area contributed by atoms with E-state index in [2.05, 4.69) is 20.6 Å². The van der Waals surface area contributed by atoms with Gasteiger partial charge >= 0.3 is 0 Å². The summed E-state index contributed by atoms with van der Waals surface area (Å²) in [4.78, 5) is 16.0. The number of aromatic nitrogens is 4. The van der Waals surface area contributed by atoms with E-state index < -0.39 is 0 Å². The number of nitrogens with one attached hydrogen (secondary N) is 1. The van der Waals surface area contributed by atoms with Gasteiger partial charge in [-0.15, -0.1) is 5.10 Å². The largest absolute Gasteiger partial charge is 0.435 e. The van der Waals surface area contributed by atoms with Gasteiger partial charge in [-0.2, -0.15) is 0 Å². The van der Waals surface area contributed by atoms with Crippen LogP contribution in [0.5, 0.6) is 0 Å². The van der Waals surface area contributed by atoms with E-state index >= 15 is 0 Å². The molecule has 0 saturated carbocycles. The highest BCUT2D eigenvalue weighted by atomic mass is 16.4. The Kier molecular flexibility index (Phi) is 3.71. The maximum atomic E-state index is 11.8. The lowest BCUT2D eigenvalue weighted by molar-refractivity contribution is 0.0921. The van der Waals surface area contributed by atoms with Gasteiger partial charge in [0.1, 0.15) is 0 Å². The average molecular weight is 249 g/mol. The minimum Gasteiger partial charge on any atom is -0.435 e. The average Bonchev–Trinajstić information content (AvgIpc) is 2.98. The van der Waals surface area contributed by atoms with Gasteiger partial charge in [-0.05, 0) is 6.92 Å². The topological polar surface area (TPSA) is 85.8 Å². The third-order valence-electron chi connectivity index (χ3n) is 2.45. The Hall–Kier alpha value is -2.18. The fourth-order valence-corrected chi connectivity index (χ4v) is 1.53. The molecular formula is C11H15N5O2. The van der Waals surface area contributed by atoms with Gasteiger partial charge < -0.3 is 9.73 Å². The van der Waals surface area contributed by atoms with Crippen LogP contribution in [-0.2, 0) is 13.0 Å². The Bertz CT molecular complexity index is 518. The van der Waals surface area contributed by atoms with Gasteiger partial charge in [0.2, 0.25) is 5.76 Å². The molecule has 0 radical (unpaired) electrons. The molecule has 0 aliphatic heterocycles. The molecule has 2 rings (SSSR count). The van der Waals surface area contributed by atoms with E-state index in [4.69, 9.17) is 4.42 Å². The molecule has 0 aliphatic carbocycles. The summed E-state index contributed by atoms with van der Waals surface area (Å²) in [6.45, 7) is 4.72. The van der Waals surface area contributed by atoms with Crippen LogP contribution in [-0.4, -0.2) is 32.4 Å². The molecule has 0 bridgehead atoms. The summed E-state index contributed by atoms with van der Waals surface area (Å²) in [5.41, 5.74) is 0.616. The van der Waals surface area contributed by atoms with Crippen molar-refractivity contribution < 1.29 is 9.21 Å². The Morgan fingerprint density at radius 2 is 2.39 bits per heavy atom. The Morgan fingerprint density at radius 3 is 3.00 bits per heavy atom. The van der Waals surface area contributed by atoms with E-state index in [1.807, 2.05) is 6.92 Å². The molecule has 1 amide bonds. The molecule has 0 unspecified atom stereocenters. The molecule has 2 aromatic heterocycles. The van der Waals surface area contributed by atoms with Gasteiger partial charge in [0.05, 0.1) is 18.4 Å². The SMILES string of the molecule is CCc1nc(C)c(C(=O)NCCn2ccnn2)o1. The zero-order valence-corrected chi connectivity index (χ0v) is 10.4. The molecule has 1 N–H and O–H groups in total. The van der Waals surface area contributed by atoms with Gasteiger partial charge in [0.15, 0.2) is 5.89 Å². The van der Waals surface area contributed by atoms with E-state index in [0.29, 0.717) is 31.1 Å². The zero-order chi connectivity index (χ0) is 13.0.